The number of amides is 3. The number of urea groups is 1. The summed E-state index contributed by atoms with van der Waals surface area (Å²) in [5.74, 6) is 0.193. The van der Waals surface area contributed by atoms with Gasteiger partial charge in [0.05, 0.1) is 12.2 Å². The summed E-state index contributed by atoms with van der Waals surface area (Å²) < 4.78 is 0. The lowest BCUT2D eigenvalue weighted by atomic mass is 10.1. The fraction of sp³-hybridized carbons (Fsp3) is 0.333. The van der Waals surface area contributed by atoms with Crippen molar-refractivity contribution >= 4 is 17.6 Å². The Morgan fingerprint density at radius 1 is 1.15 bits per heavy atom. The predicted octanol–water partition coefficient (Wildman–Crippen LogP) is 0.823. The maximum atomic E-state index is 11.9. The number of hydrogen-bond donors (Lipinski definition) is 5. The summed E-state index contributed by atoms with van der Waals surface area (Å²) in [7, 11) is 0. The molecule has 2 rings (SSSR count). The number of nitrogens with one attached hydrogen (secondary N) is 4. The highest BCUT2D eigenvalue weighted by atomic mass is 16.2. The minimum atomic E-state index is -0.395. The van der Waals surface area contributed by atoms with Crippen molar-refractivity contribution in [3.63, 3.8) is 0 Å². The number of aromatic nitrogens is 2. The van der Waals surface area contributed by atoms with Crippen molar-refractivity contribution < 1.29 is 9.59 Å². The van der Waals surface area contributed by atoms with Gasteiger partial charge in [-0.05, 0) is 17.7 Å². The maximum absolute atomic E-state index is 11.9. The second kappa shape index (κ2) is 9.48. The molecule has 0 fully saturated rings. The van der Waals surface area contributed by atoms with Crippen LogP contribution in [0, 0.1) is 5.92 Å². The first-order valence-corrected chi connectivity index (χ1v) is 8.58. The van der Waals surface area contributed by atoms with Crippen LogP contribution in [0.4, 0.5) is 10.5 Å². The molecule has 0 aliphatic carbocycles. The number of nitrogens with zero attached hydrogens (tertiary/aromatic N) is 1. The van der Waals surface area contributed by atoms with E-state index in [1.54, 1.807) is 12.1 Å². The number of H-pyrrole nitrogens is 1. The zero-order valence-corrected chi connectivity index (χ0v) is 15.3. The van der Waals surface area contributed by atoms with Gasteiger partial charge in [0.15, 0.2) is 0 Å². The van der Waals surface area contributed by atoms with Crippen LogP contribution in [0.3, 0.4) is 0 Å². The molecule has 0 unspecified atom stereocenters. The van der Waals surface area contributed by atoms with E-state index in [9.17, 15) is 14.4 Å². The van der Waals surface area contributed by atoms with Crippen LogP contribution in [0.2, 0.25) is 0 Å². The van der Waals surface area contributed by atoms with Gasteiger partial charge in [-0.2, -0.15) is 0 Å². The lowest BCUT2D eigenvalue weighted by molar-refractivity contribution is -0.118. The van der Waals surface area contributed by atoms with E-state index in [-0.39, 0.29) is 30.5 Å². The van der Waals surface area contributed by atoms with Gasteiger partial charge >= 0.3 is 6.03 Å². The van der Waals surface area contributed by atoms with Crippen molar-refractivity contribution in [1.82, 2.24) is 20.6 Å². The molecule has 0 radical (unpaired) electrons. The molecule has 144 valence electrons. The first kappa shape index (κ1) is 20.1. The molecule has 0 bridgehead atoms. The number of anilines is 1. The lowest BCUT2D eigenvalue weighted by Crippen LogP contribution is -2.35. The molecule has 9 heteroatoms. The molecule has 27 heavy (non-hydrogen) atoms. The zero-order valence-electron chi connectivity index (χ0n) is 15.3. The Kier molecular flexibility index (Phi) is 7.07. The van der Waals surface area contributed by atoms with Gasteiger partial charge < -0.3 is 26.7 Å². The molecule has 1 aromatic carbocycles. The highest BCUT2D eigenvalue weighted by molar-refractivity contribution is 5.92. The van der Waals surface area contributed by atoms with Crippen LogP contribution in [0.1, 0.15) is 30.9 Å². The van der Waals surface area contributed by atoms with Gasteiger partial charge in [0.25, 0.3) is 5.56 Å². The van der Waals surface area contributed by atoms with Gasteiger partial charge in [0.1, 0.15) is 5.82 Å². The number of hydrogen-bond acceptors (Lipinski definition) is 5. The second-order valence-electron chi connectivity index (χ2n) is 6.26. The summed E-state index contributed by atoms with van der Waals surface area (Å²) >= 11 is 0. The number of carbonyl (C=O) groups is 2. The first-order valence-electron chi connectivity index (χ1n) is 8.58. The monoisotopic (exact) mass is 372 g/mol. The summed E-state index contributed by atoms with van der Waals surface area (Å²) in [6.07, 6.45) is 0. The van der Waals surface area contributed by atoms with E-state index in [0.717, 1.165) is 5.56 Å². The molecule has 0 aliphatic heterocycles. The van der Waals surface area contributed by atoms with Crippen LogP contribution in [-0.2, 0) is 24.4 Å². The maximum Gasteiger partial charge on any atom is 0.315 e. The second-order valence-corrected chi connectivity index (χ2v) is 6.26. The first-order chi connectivity index (χ1) is 12.9. The Morgan fingerprint density at radius 3 is 2.44 bits per heavy atom. The lowest BCUT2D eigenvalue weighted by Gasteiger charge is -2.10. The topological polar surface area (TPSA) is 142 Å². The molecular weight excluding hydrogens is 348 g/mol. The largest absolute Gasteiger partial charge is 0.334 e. The number of carbonyl (C=O) groups excluding carboxylic acids is 2. The van der Waals surface area contributed by atoms with Crippen molar-refractivity contribution in [2.24, 2.45) is 11.7 Å². The molecule has 0 atom stereocenters. The molecule has 0 saturated heterocycles. The Bertz CT molecular complexity index is 845. The van der Waals surface area contributed by atoms with E-state index in [1.807, 2.05) is 26.0 Å². The smallest absolute Gasteiger partial charge is 0.315 e. The third-order valence-electron chi connectivity index (χ3n) is 3.67. The van der Waals surface area contributed by atoms with E-state index in [1.165, 1.54) is 6.07 Å². The van der Waals surface area contributed by atoms with Gasteiger partial charge in [0.2, 0.25) is 5.91 Å². The third-order valence-corrected chi connectivity index (χ3v) is 3.67. The SMILES string of the molecule is CC(C)C(=O)Nc1ccc(CNC(=O)NCc2nc(CN)cc(=O)[nH]2)cc1. The normalized spacial score (nSPS) is 10.5. The Hall–Kier alpha value is -3.20. The standard InChI is InChI=1S/C18H24N6O3/c1-11(2)17(26)23-13-5-3-12(4-6-13)9-20-18(27)21-10-15-22-14(8-19)7-16(25)24-15/h3-7,11H,8-10,19H2,1-2H3,(H,23,26)(H2,20,21,27)(H,22,24,25). The molecule has 0 spiro atoms. The van der Waals surface area contributed by atoms with Crippen LogP contribution in [-0.4, -0.2) is 21.9 Å². The van der Waals surface area contributed by atoms with Crippen molar-refractivity contribution in [1.29, 1.82) is 0 Å². The third kappa shape index (κ3) is 6.55. The number of benzene rings is 1. The summed E-state index contributed by atoms with van der Waals surface area (Å²) in [6.45, 7) is 4.19. The minimum Gasteiger partial charge on any atom is -0.334 e. The molecule has 9 nitrogen and oxygen atoms in total. The van der Waals surface area contributed by atoms with E-state index in [2.05, 4.69) is 25.9 Å². The summed E-state index contributed by atoms with van der Waals surface area (Å²) in [4.78, 5) is 41.7. The highest BCUT2D eigenvalue weighted by Crippen LogP contribution is 2.10. The average Bonchev–Trinajstić information content (AvgIpc) is 2.65. The van der Waals surface area contributed by atoms with E-state index >= 15 is 0 Å². The molecular formula is C18H24N6O3. The van der Waals surface area contributed by atoms with Gasteiger partial charge in [-0.1, -0.05) is 26.0 Å². The number of rotatable bonds is 7. The van der Waals surface area contributed by atoms with Crippen molar-refractivity contribution in [2.75, 3.05) is 5.32 Å². The Balaban J connectivity index is 1.81. The van der Waals surface area contributed by atoms with Crippen molar-refractivity contribution in [3.8, 4) is 0 Å². The molecule has 1 aromatic heterocycles. The van der Waals surface area contributed by atoms with Crippen molar-refractivity contribution in [3.05, 3.63) is 57.8 Å². The van der Waals surface area contributed by atoms with Gasteiger partial charge in [-0.25, -0.2) is 9.78 Å². The van der Waals surface area contributed by atoms with Crippen LogP contribution >= 0.6 is 0 Å². The van der Waals surface area contributed by atoms with Crippen molar-refractivity contribution in [2.45, 2.75) is 33.5 Å². The molecule has 1 heterocycles. The predicted molar refractivity (Wildman–Crippen MR) is 102 cm³/mol. The average molecular weight is 372 g/mol. The Labute approximate surface area is 156 Å². The van der Waals surface area contributed by atoms with E-state index < -0.39 is 6.03 Å². The zero-order chi connectivity index (χ0) is 19.8. The van der Waals surface area contributed by atoms with Crippen LogP contribution in [0.5, 0.6) is 0 Å². The molecule has 0 saturated carbocycles. The van der Waals surface area contributed by atoms with E-state index in [0.29, 0.717) is 23.8 Å². The summed E-state index contributed by atoms with van der Waals surface area (Å²) in [5, 5.41) is 8.13. The van der Waals surface area contributed by atoms with E-state index in [4.69, 9.17) is 5.73 Å². The van der Waals surface area contributed by atoms with Crippen LogP contribution in [0.25, 0.3) is 0 Å². The van der Waals surface area contributed by atoms with Gasteiger partial charge in [0, 0.05) is 30.8 Å². The molecule has 6 N–H and O–H groups in total. The fourth-order valence-electron chi connectivity index (χ4n) is 2.15. The molecule has 2 aromatic rings. The summed E-state index contributed by atoms with van der Waals surface area (Å²) in [5.41, 5.74) is 7.20. The molecule has 3 amide bonds. The van der Waals surface area contributed by atoms with Crippen LogP contribution in [0.15, 0.2) is 35.1 Å². The number of aromatic amines is 1. The van der Waals surface area contributed by atoms with Gasteiger partial charge in [-0.15, -0.1) is 0 Å². The quantitative estimate of drug-likeness (QED) is 0.489. The number of nitrogens with two attached hydrogens (primary N) is 1. The molecule has 0 aliphatic rings. The van der Waals surface area contributed by atoms with Crippen LogP contribution < -0.4 is 27.2 Å². The Morgan fingerprint density at radius 2 is 1.81 bits per heavy atom. The highest BCUT2D eigenvalue weighted by Gasteiger charge is 2.07. The summed E-state index contributed by atoms with van der Waals surface area (Å²) in [6, 6.07) is 8.12. The minimum absolute atomic E-state index is 0.0504. The fourth-order valence-corrected chi connectivity index (χ4v) is 2.15. The van der Waals surface area contributed by atoms with Gasteiger partial charge in [-0.3, -0.25) is 9.59 Å².